The Bertz CT molecular complexity index is 523. The summed E-state index contributed by atoms with van der Waals surface area (Å²) in [6, 6.07) is 1.55. The van der Waals surface area contributed by atoms with Gasteiger partial charge in [0.1, 0.15) is 10.8 Å². The quantitative estimate of drug-likeness (QED) is 0.538. The molecule has 0 N–H and O–H groups in total. The van der Waals surface area contributed by atoms with Gasteiger partial charge in [-0.1, -0.05) is 11.6 Å². The fourth-order valence-electron chi connectivity index (χ4n) is 2.65. The van der Waals surface area contributed by atoms with Crippen molar-refractivity contribution in [3.8, 4) is 0 Å². The summed E-state index contributed by atoms with van der Waals surface area (Å²) in [5.74, 6) is -3.17. The molecule has 0 atom stereocenters. The van der Waals surface area contributed by atoms with Crippen LogP contribution in [0.15, 0.2) is 12.3 Å². The summed E-state index contributed by atoms with van der Waals surface area (Å²) in [6.45, 7) is 0. The molecule has 1 spiro atoms. The highest BCUT2D eigenvalue weighted by molar-refractivity contribution is 6.29. The molecule has 1 saturated carbocycles. The van der Waals surface area contributed by atoms with Crippen LogP contribution in [0.2, 0.25) is 5.15 Å². The van der Waals surface area contributed by atoms with Crippen molar-refractivity contribution in [2.45, 2.75) is 37.2 Å². The van der Waals surface area contributed by atoms with Gasteiger partial charge in [0.25, 0.3) is 0 Å². The SMILES string of the molecule is O=C1OC2(CCC(F)(F)CC2)c2cc(Cl)ncc21. The predicted molar refractivity (Wildman–Crippen MR) is 59.8 cm³/mol. The molecule has 0 amide bonds. The molecule has 0 unspecified atom stereocenters. The Morgan fingerprint density at radius 1 is 1.28 bits per heavy atom. The van der Waals surface area contributed by atoms with Gasteiger partial charge in [-0.05, 0) is 18.9 Å². The number of nitrogens with zero attached hydrogens (tertiary/aromatic N) is 1. The Morgan fingerprint density at radius 3 is 2.61 bits per heavy atom. The molecule has 1 fully saturated rings. The molecule has 0 saturated heterocycles. The van der Waals surface area contributed by atoms with Gasteiger partial charge in [-0.25, -0.2) is 18.6 Å². The van der Waals surface area contributed by atoms with Crippen molar-refractivity contribution >= 4 is 17.6 Å². The Labute approximate surface area is 107 Å². The summed E-state index contributed by atoms with van der Waals surface area (Å²) in [5, 5.41) is 0.240. The number of carbonyl (C=O) groups excluding carboxylic acids is 1. The third-order valence-corrected chi connectivity index (χ3v) is 3.87. The molecule has 0 bridgehead atoms. The number of carbonyl (C=O) groups is 1. The molecule has 0 aromatic carbocycles. The van der Waals surface area contributed by atoms with Crippen molar-refractivity contribution in [1.82, 2.24) is 4.98 Å². The van der Waals surface area contributed by atoms with Crippen LogP contribution in [0.5, 0.6) is 0 Å². The van der Waals surface area contributed by atoms with Gasteiger partial charge < -0.3 is 4.74 Å². The average molecular weight is 274 g/mol. The lowest BCUT2D eigenvalue weighted by Gasteiger charge is -2.36. The molecule has 18 heavy (non-hydrogen) atoms. The normalized spacial score (nSPS) is 23.8. The average Bonchev–Trinajstić information content (AvgIpc) is 2.57. The standard InChI is InChI=1S/C12H10ClF2NO2/c13-9-5-8-7(6-16-9)10(17)18-11(8)1-3-12(14,15)4-2-11/h5-6H,1-4H2. The first-order valence-corrected chi connectivity index (χ1v) is 6.07. The smallest absolute Gasteiger partial charge is 0.341 e. The molecule has 1 aliphatic carbocycles. The van der Waals surface area contributed by atoms with Gasteiger partial charge in [-0.15, -0.1) is 0 Å². The molecule has 0 radical (unpaired) electrons. The van der Waals surface area contributed by atoms with E-state index in [4.69, 9.17) is 16.3 Å². The lowest BCUT2D eigenvalue weighted by Crippen LogP contribution is -2.36. The van der Waals surface area contributed by atoms with Crippen molar-refractivity contribution in [3.05, 3.63) is 28.5 Å². The molecule has 2 aliphatic rings. The van der Waals surface area contributed by atoms with Gasteiger partial charge in [0.2, 0.25) is 5.92 Å². The first-order chi connectivity index (χ1) is 8.42. The maximum absolute atomic E-state index is 13.2. The lowest BCUT2D eigenvalue weighted by atomic mass is 9.78. The van der Waals surface area contributed by atoms with Crippen LogP contribution in [0.4, 0.5) is 8.78 Å². The molecule has 1 aromatic heterocycles. The van der Waals surface area contributed by atoms with E-state index in [2.05, 4.69) is 4.98 Å². The second kappa shape index (κ2) is 3.63. The number of hydrogen-bond donors (Lipinski definition) is 0. The number of rotatable bonds is 0. The molecule has 96 valence electrons. The van der Waals surface area contributed by atoms with E-state index < -0.39 is 17.5 Å². The van der Waals surface area contributed by atoms with E-state index in [1.54, 1.807) is 6.07 Å². The van der Waals surface area contributed by atoms with Gasteiger partial charge in [0.05, 0.1) is 5.56 Å². The summed E-state index contributed by atoms with van der Waals surface area (Å²) in [7, 11) is 0. The summed E-state index contributed by atoms with van der Waals surface area (Å²) in [4.78, 5) is 15.5. The van der Waals surface area contributed by atoms with Crippen LogP contribution in [-0.2, 0) is 10.3 Å². The van der Waals surface area contributed by atoms with Crippen LogP contribution >= 0.6 is 11.6 Å². The summed E-state index contributed by atoms with van der Waals surface area (Å²) in [5.41, 5.74) is 0.00772. The van der Waals surface area contributed by atoms with Gasteiger partial charge in [0.15, 0.2) is 0 Å². The minimum atomic E-state index is -2.67. The highest BCUT2D eigenvalue weighted by Crippen LogP contribution is 2.50. The number of aromatic nitrogens is 1. The van der Waals surface area contributed by atoms with E-state index in [0.29, 0.717) is 11.1 Å². The number of hydrogen-bond acceptors (Lipinski definition) is 3. The molecule has 1 aliphatic heterocycles. The first kappa shape index (κ1) is 11.8. The zero-order chi connectivity index (χ0) is 13.0. The van der Waals surface area contributed by atoms with Crippen LogP contribution in [-0.4, -0.2) is 16.9 Å². The van der Waals surface area contributed by atoms with Crippen molar-refractivity contribution < 1.29 is 18.3 Å². The van der Waals surface area contributed by atoms with Crippen LogP contribution in [0.25, 0.3) is 0 Å². The van der Waals surface area contributed by atoms with Gasteiger partial charge in [-0.3, -0.25) is 0 Å². The van der Waals surface area contributed by atoms with E-state index >= 15 is 0 Å². The first-order valence-electron chi connectivity index (χ1n) is 5.69. The predicted octanol–water partition coefficient (Wildman–Crippen LogP) is 3.31. The fraction of sp³-hybridized carbons (Fsp3) is 0.500. The van der Waals surface area contributed by atoms with Gasteiger partial charge >= 0.3 is 5.97 Å². The zero-order valence-corrected chi connectivity index (χ0v) is 10.1. The number of alkyl halides is 2. The molecular weight excluding hydrogens is 264 g/mol. The third-order valence-electron chi connectivity index (χ3n) is 3.66. The van der Waals surface area contributed by atoms with Crippen molar-refractivity contribution in [2.75, 3.05) is 0 Å². The van der Waals surface area contributed by atoms with Crippen molar-refractivity contribution in [3.63, 3.8) is 0 Å². The van der Waals surface area contributed by atoms with Crippen LogP contribution in [0.3, 0.4) is 0 Å². The second-order valence-corrected chi connectivity index (χ2v) is 5.18. The fourth-order valence-corrected chi connectivity index (χ4v) is 2.81. The lowest BCUT2D eigenvalue weighted by molar-refractivity contribution is -0.107. The Hall–Kier alpha value is -1.23. The minimum absolute atomic E-state index is 0.124. The Balaban J connectivity index is 2.02. The van der Waals surface area contributed by atoms with Crippen molar-refractivity contribution in [2.24, 2.45) is 0 Å². The number of pyridine rings is 1. The summed E-state index contributed by atoms with van der Waals surface area (Å²) >= 11 is 5.80. The maximum atomic E-state index is 13.2. The Kier molecular flexibility index (Phi) is 2.39. The highest BCUT2D eigenvalue weighted by Gasteiger charge is 2.51. The largest absolute Gasteiger partial charge is 0.450 e. The molecule has 1 aromatic rings. The van der Waals surface area contributed by atoms with E-state index in [-0.39, 0.29) is 30.8 Å². The van der Waals surface area contributed by atoms with Gasteiger partial charge in [-0.2, -0.15) is 0 Å². The molecular formula is C12H10ClF2NO2. The molecule has 2 heterocycles. The molecule has 3 nitrogen and oxygen atoms in total. The summed E-state index contributed by atoms with van der Waals surface area (Å²) in [6.07, 6.45) is 1.04. The number of esters is 1. The Morgan fingerprint density at radius 2 is 1.94 bits per heavy atom. The van der Waals surface area contributed by atoms with E-state index in [1.807, 2.05) is 0 Å². The monoisotopic (exact) mass is 273 g/mol. The van der Waals surface area contributed by atoms with E-state index in [9.17, 15) is 13.6 Å². The van der Waals surface area contributed by atoms with Gasteiger partial charge in [0, 0.05) is 24.6 Å². The summed E-state index contributed by atoms with van der Waals surface area (Å²) < 4.78 is 31.8. The van der Waals surface area contributed by atoms with Crippen LogP contribution in [0.1, 0.15) is 41.6 Å². The molecule has 3 rings (SSSR count). The van der Waals surface area contributed by atoms with E-state index in [0.717, 1.165) is 0 Å². The highest BCUT2D eigenvalue weighted by atomic mass is 35.5. The number of fused-ring (bicyclic) bond motifs is 2. The topological polar surface area (TPSA) is 39.2 Å². The maximum Gasteiger partial charge on any atom is 0.341 e. The van der Waals surface area contributed by atoms with E-state index in [1.165, 1.54) is 6.20 Å². The van der Waals surface area contributed by atoms with Crippen LogP contribution < -0.4 is 0 Å². The molecule has 6 heteroatoms. The second-order valence-electron chi connectivity index (χ2n) is 4.79. The number of halogens is 3. The van der Waals surface area contributed by atoms with Crippen LogP contribution in [0, 0.1) is 0 Å². The zero-order valence-electron chi connectivity index (χ0n) is 9.38. The number of ether oxygens (including phenoxy) is 1. The minimum Gasteiger partial charge on any atom is -0.450 e. The third kappa shape index (κ3) is 1.68. The van der Waals surface area contributed by atoms with Crippen molar-refractivity contribution in [1.29, 1.82) is 0 Å².